The van der Waals surface area contributed by atoms with Gasteiger partial charge in [0.1, 0.15) is 17.8 Å². The Kier molecular flexibility index (Phi) is 8.23. The van der Waals surface area contributed by atoms with Crippen LogP contribution in [0.4, 0.5) is 0 Å². The van der Waals surface area contributed by atoms with Gasteiger partial charge in [0, 0.05) is 13.1 Å². The van der Waals surface area contributed by atoms with Crippen LogP contribution in [0.15, 0.2) is 0 Å². The monoisotopic (exact) mass is 386 g/mol. The van der Waals surface area contributed by atoms with Gasteiger partial charge in [0.25, 0.3) is 0 Å². The van der Waals surface area contributed by atoms with E-state index in [2.05, 4.69) is 0 Å². The van der Waals surface area contributed by atoms with Crippen molar-refractivity contribution in [3.8, 4) is 0 Å². The van der Waals surface area contributed by atoms with Crippen molar-refractivity contribution >= 4 is 17.8 Å². The summed E-state index contributed by atoms with van der Waals surface area (Å²) in [6.07, 6.45) is 0.954. The van der Waals surface area contributed by atoms with Crippen molar-refractivity contribution in [2.75, 3.05) is 19.7 Å². The molecule has 8 nitrogen and oxygen atoms in total. The van der Waals surface area contributed by atoms with Gasteiger partial charge in [0.05, 0.1) is 18.6 Å². The van der Waals surface area contributed by atoms with Crippen molar-refractivity contribution in [1.29, 1.82) is 0 Å². The molecule has 0 aromatic rings. The maximum atomic E-state index is 12.4. The molecular formula is C19H34N2O6. The fourth-order valence-electron chi connectivity index (χ4n) is 2.68. The molecular weight excluding hydrogens is 352 g/mol. The van der Waals surface area contributed by atoms with Crippen molar-refractivity contribution in [2.24, 2.45) is 5.73 Å². The van der Waals surface area contributed by atoms with E-state index >= 15 is 0 Å². The molecule has 0 bridgehead atoms. The molecule has 0 unspecified atom stereocenters. The summed E-state index contributed by atoms with van der Waals surface area (Å²) >= 11 is 0. The molecule has 2 N–H and O–H groups in total. The predicted octanol–water partition coefficient (Wildman–Crippen LogP) is 1.39. The molecule has 1 rings (SSSR count). The Hall–Kier alpha value is -1.67. The average Bonchev–Trinajstić information content (AvgIpc) is 2.49. The van der Waals surface area contributed by atoms with Crippen molar-refractivity contribution in [3.05, 3.63) is 0 Å². The van der Waals surface area contributed by atoms with Crippen LogP contribution in [0.5, 0.6) is 0 Å². The smallest absolute Gasteiger partial charge is 0.332 e. The maximum Gasteiger partial charge on any atom is 0.332 e. The second-order valence-electron chi connectivity index (χ2n) is 8.82. The topological polar surface area (TPSA) is 108 Å². The molecule has 8 heteroatoms. The van der Waals surface area contributed by atoms with Gasteiger partial charge >= 0.3 is 11.9 Å². The highest BCUT2D eigenvalue weighted by molar-refractivity contribution is 5.86. The zero-order valence-electron chi connectivity index (χ0n) is 17.4. The third-order valence-electron chi connectivity index (χ3n) is 3.73. The number of ether oxygens (including phenoxy) is 3. The predicted molar refractivity (Wildman–Crippen MR) is 99.8 cm³/mol. The first-order valence-electron chi connectivity index (χ1n) is 9.36. The Morgan fingerprint density at radius 3 is 1.93 bits per heavy atom. The molecule has 1 amide bonds. The number of piperidine rings is 1. The molecule has 1 saturated heterocycles. The number of hydrogen-bond donors (Lipinski definition) is 1. The zero-order valence-corrected chi connectivity index (χ0v) is 17.4. The lowest BCUT2D eigenvalue weighted by molar-refractivity contribution is -0.163. The molecule has 0 radical (unpaired) electrons. The van der Waals surface area contributed by atoms with Crippen LogP contribution in [0.1, 0.15) is 60.8 Å². The first-order chi connectivity index (χ1) is 12.3. The van der Waals surface area contributed by atoms with E-state index < -0.39 is 29.2 Å². The van der Waals surface area contributed by atoms with E-state index in [9.17, 15) is 14.4 Å². The number of nitrogens with two attached hydrogens (primary N) is 1. The first-order valence-corrected chi connectivity index (χ1v) is 9.36. The van der Waals surface area contributed by atoms with Crippen LogP contribution in [0.3, 0.4) is 0 Å². The Bertz CT molecular complexity index is 527. The molecule has 1 fully saturated rings. The van der Waals surface area contributed by atoms with Crippen LogP contribution < -0.4 is 5.73 Å². The lowest BCUT2D eigenvalue weighted by Crippen LogP contribution is -2.49. The van der Waals surface area contributed by atoms with Crippen LogP contribution in [-0.4, -0.2) is 65.8 Å². The standard InChI is InChI=1S/C19H34N2O6/c1-18(2,3)26-15(22)11-14(20)17(24)21-9-7-13(8-10-21)25-12-16(23)27-19(4,5)6/h13-14H,7-12,20H2,1-6H3/t14-/m0/s1. The highest BCUT2D eigenvalue weighted by atomic mass is 16.6. The van der Waals surface area contributed by atoms with Gasteiger partial charge in [-0.1, -0.05) is 0 Å². The van der Waals surface area contributed by atoms with Gasteiger partial charge in [0.15, 0.2) is 0 Å². The molecule has 1 heterocycles. The highest BCUT2D eigenvalue weighted by Crippen LogP contribution is 2.16. The second-order valence-corrected chi connectivity index (χ2v) is 8.82. The van der Waals surface area contributed by atoms with Crippen molar-refractivity contribution < 1.29 is 28.6 Å². The minimum absolute atomic E-state index is 0.103. The number of carbonyl (C=O) groups is 3. The van der Waals surface area contributed by atoms with Gasteiger partial charge in [-0.25, -0.2) is 4.79 Å². The summed E-state index contributed by atoms with van der Waals surface area (Å²) in [5.74, 6) is -1.16. The Labute approximate surface area is 161 Å². The molecule has 0 aromatic carbocycles. The summed E-state index contributed by atoms with van der Waals surface area (Å²) in [6, 6.07) is -0.918. The molecule has 0 aliphatic carbocycles. The van der Waals surface area contributed by atoms with E-state index in [0.717, 1.165) is 0 Å². The molecule has 0 spiro atoms. The van der Waals surface area contributed by atoms with Gasteiger partial charge in [-0.05, 0) is 54.4 Å². The lowest BCUT2D eigenvalue weighted by atomic mass is 10.1. The van der Waals surface area contributed by atoms with Crippen molar-refractivity contribution in [3.63, 3.8) is 0 Å². The van der Waals surface area contributed by atoms with Crippen LogP contribution in [0.2, 0.25) is 0 Å². The SMILES string of the molecule is CC(C)(C)OC(=O)COC1CCN(C(=O)[C@@H](N)CC(=O)OC(C)(C)C)CC1. The Morgan fingerprint density at radius 2 is 1.44 bits per heavy atom. The summed E-state index contributed by atoms with van der Waals surface area (Å²) in [7, 11) is 0. The van der Waals surface area contributed by atoms with Crippen molar-refractivity contribution in [2.45, 2.75) is 84.2 Å². The summed E-state index contributed by atoms with van der Waals surface area (Å²) < 4.78 is 16.0. The fraction of sp³-hybridized carbons (Fsp3) is 0.842. The van der Waals surface area contributed by atoms with E-state index in [-0.39, 0.29) is 25.0 Å². The van der Waals surface area contributed by atoms with Crippen LogP contribution in [-0.2, 0) is 28.6 Å². The highest BCUT2D eigenvalue weighted by Gasteiger charge is 2.29. The molecule has 156 valence electrons. The minimum Gasteiger partial charge on any atom is -0.460 e. The normalized spacial score (nSPS) is 17.4. The second kappa shape index (κ2) is 9.50. The molecule has 0 saturated carbocycles. The summed E-state index contributed by atoms with van der Waals surface area (Å²) in [6.45, 7) is 11.5. The lowest BCUT2D eigenvalue weighted by Gasteiger charge is -2.33. The fourth-order valence-corrected chi connectivity index (χ4v) is 2.68. The van der Waals surface area contributed by atoms with E-state index in [1.807, 2.05) is 0 Å². The largest absolute Gasteiger partial charge is 0.460 e. The first kappa shape index (κ1) is 23.4. The van der Waals surface area contributed by atoms with Crippen LogP contribution in [0, 0.1) is 0 Å². The number of hydrogen-bond acceptors (Lipinski definition) is 7. The van der Waals surface area contributed by atoms with Gasteiger partial charge in [0.2, 0.25) is 5.91 Å². The summed E-state index contributed by atoms with van der Waals surface area (Å²) in [5, 5.41) is 0. The number of esters is 2. The molecule has 1 atom stereocenters. The molecule has 1 aliphatic heterocycles. The third-order valence-corrected chi connectivity index (χ3v) is 3.73. The Balaban J connectivity index is 2.35. The summed E-state index contributed by atoms with van der Waals surface area (Å²) in [4.78, 5) is 37.5. The number of rotatable bonds is 6. The molecule has 1 aliphatic rings. The maximum absolute atomic E-state index is 12.4. The van der Waals surface area contributed by atoms with Gasteiger partial charge in [-0.15, -0.1) is 0 Å². The number of carbonyl (C=O) groups excluding carboxylic acids is 3. The van der Waals surface area contributed by atoms with Crippen LogP contribution >= 0.6 is 0 Å². The molecule has 27 heavy (non-hydrogen) atoms. The quantitative estimate of drug-likeness (QED) is 0.687. The van der Waals surface area contributed by atoms with Gasteiger partial charge in [-0.2, -0.15) is 0 Å². The average molecular weight is 386 g/mol. The van der Waals surface area contributed by atoms with Crippen molar-refractivity contribution in [1.82, 2.24) is 4.90 Å². The third kappa shape index (κ3) is 9.72. The summed E-state index contributed by atoms with van der Waals surface area (Å²) in [5.41, 5.74) is 4.73. The van der Waals surface area contributed by atoms with Gasteiger partial charge in [-0.3, -0.25) is 9.59 Å². The number of amides is 1. The Morgan fingerprint density at radius 1 is 0.963 bits per heavy atom. The minimum atomic E-state index is -0.918. The van der Waals surface area contributed by atoms with E-state index in [0.29, 0.717) is 25.9 Å². The number of nitrogens with zero attached hydrogens (tertiary/aromatic N) is 1. The van der Waals surface area contributed by atoms with Crippen LogP contribution in [0.25, 0.3) is 0 Å². The van der Waals surface area contributed by atoms with E-state index in [1.54, 1.807) is 46.4 Å². The van der Waals surface area contributed by atoms with Gasteiger partial charge < -0.3 is 24.8 Å². The van der Waals surface area contributed by atoms with E-state index in [1.165, 1.54) is 0 Å². The number of likely N-dealkylation sites (tertiary alicyclic amines) is 1. The zero-order chi connectivity index (χ0) is 20.8. The van der Waals surface area contributed by atoms with E-state index in [4.69, 9.17) is 19.9 Å². The molecule has 0 aromatic heterocycles.